The number of carbonyl (C=O) groups excluding carboxylic acids is 1. The molecule has 0 unspecified atom stereocenters. The van der Waals surface area contributed by atoms with Gasteiger partial charge in [0.1, 0.15) is 0 Å². The van der Waals surface area contributed by atoms with E-state index in [-0.39, 0.29) is 29.1 Å². The van der Waals surface area contributed by atoms with Gasteiger partial charge < -0.3 is 15.5 Å². The van der Waals surface area contributed by atoms with E-state index < -0.39 is 11.9 Å². The molecular formula is C8H9Cl2N3O3. The van der Waals surface area contributed by atoms with Crippen LogP contribution in [-0.2, 0) is 0 Å². The quantitative estimate of drug-likeness (QED) is 0.705. The third kappa shape index (κ3) is 3.28. The highest BCUT2D eigenvalue weighted by Gasteiger charge is 2.16. The molecule has 0 aliphatic rings. The minimum Gasteiger partial charge on any atom is -0.394 e. The highest BCUT2D eigenvalue weighted by atomic mass is 35.5. The van der Waals surface area contributed by atoms with Crippen LogP contribution < -0.4 is 5.32 Å². The summed E-state index contributed by atoms with van der Waals surface area (Å²) in [6.07, 6.45) is 0. The van der Waals surface area contributed by atoms with Crippen LogP contribution in [0.3, 0.4) is 0 Å². The molecule has 8 heteroatoms. The van der Waals surface area contributed by atoms with Crippen molar-refractivity contribution in [3.8, 4) is 0 Å². The second-order valence-corrected chi connectivity index (χ2v) is 3.65. The number of rotatable bonds is 4. The highest BCUT2D eigenvalue weighted by molar-refractivity contribution is 6.34. The van der Waals surface area contributed by atoms with E-state index in [1.807, 2.05) is 0 Å². The van der Waals surface area contributed by atoms with E-state index >= 15 is 0 Å². The molecule has 16 heavy (non-hydrogen) atoms. The smallest absolute Gasteiger partial charge is 0.254 e. The molecule has 0 radical (unpaired) electrons. The summed E-state index contributed by atoms with van der Waals surface area (Å²) in [6, 6.07) is 0.494. The molecule has 0 aliphatic carbocycles. The Morgan fingerprint density at radius 3 is 2.56 bits per heavy atom. The summed E-state index contributed by atoms with van der Waals surface area (Å²) in [6.45, 7) is -0.766. The number of halogens is 2. The van der Waals surface area contributed by atoms with Gasteiger partial charge in [-0.25, -0.2) is 0 Å². The second kappa shape index (κ2) is 5.95. The maximum Gasteiger partial charge on any atom is 0.254 e. The van der Waals surface area contributed by atoms with Crippen LogP contribution in [0.5, 0.6) is 0 Å². The Kier molecular flexibility index (Phi) is 4.88. The molecule has 0 fully saturated rings. The number of hydrogen-bond acceptors (Lipinski definition) is 5. The van der Waals surface area contributed by atoms with Crippen molar-refractivity contribution in [2.75, 3.05) is 13.2 Å². The number of carbonyl (C=O) groups is 1. The third-order valence-corrected chi connectivity index (χ3v) is 2.20. The lowest BCUT2D eigenvalue weighted by Gasteiger charge is -2.13. The molecule has 0 saturated carbocycles. The van der Waals surface area contributed by atoms with Crippen LogP contribution in [0, 0.1) is 0 Å². The molecule has 88 valence electrons. The molecule has 0 aromatic carbocycles. The second-order valence-electron chi connectivity index (χ2n) is 2.91. The van der Waals surface area contributed by atoms with Gasteiger partial charge in [-0.2, -0.15) is 0 Å². The largest absolute Gasteiger partial charge is 0.394 e. The molecule has 0 atom stereocenters. The number of aromatic nitrogens is 2. The molecular weight excluding hydrogens is 257 g/mol. The molecule has 0 saturated heterocycles. The normalized spacial score (nSPS) is 10.6. The minimum atomic E-state index is -0.754. The first-order chi connectivity index (χ1) is 7.58. The SMILES string of the molecule is O=C(NC(CO)CO)c1cc(Cl)nnc1Cl. The summed E-state index contributed by atoms with van der Waals surface area (Å²) < 4.78 is 0. The molecule has 1 heterocycles. The summed E-state index contributed by atoms with van der Waals surface area (Å²) in [4.78, 5) is 11.6. The summed E-state index contributed by atoms with van der Waals surface area (Å²) in [5.41, 5.74) is 0.0357. The van der Waals surface area contributed by atoms with Gasteiger partial charge in [0, 0.05) is 0 Å². The Hall–Kier alpha value is -0.950. The molecule has 1 amide bonds. The van der Waals surface area contributed by atoms with E-state index in [4.69, 9.17) is 33.4 Å². The number of hydrogen-bond donors (Lipinski definition) is 3. The van der Waals surface area contributed by atoms with Crippen molar-refractivity contribution in [2.24, 2.45) is 0 Å². The summed E-state index contributed by atoms with van der Waals surface area (Å²) in [5, 5.41) is 26.7. The predicted octanol–water partition coefficient (Wildman–Crippen LogP) is -0.134. The van der Waals surface area contributed by atoms with Crippen LogP contribution in [0.15, 0.2) is 6.07 Å². The van der Waals surface area contributed by atoms with Crippen LogP contribution in [0.25, 0.3) is 0 Å². The Bertz CT molecular complexity index is 385. The monoisotopic (exact) mass is 265 g/mol. The van der Waals surface area contributed by atoms with Gasteiger partial charge >= 0.3 is 0 Å². The van der Waals surface area contributed by atoms with Crippen molar-refractivity contribution in [2.45, 2.75) is 6.04 Å². The first-order valence-corrected chi connectivity index (χ1v) is 5.05. The van der Waals surface area contributed by atoms with Crippen LogP contribution in [-0.4, -0.2) is 45.6 Å². The molecule has 1 aromatic rings. The van der Waals surface area contributed by atoms with Crippen molar-refractivity contribution in [1.82, 2.24) is 15.5 Å². The molecule has 1 rings (SSSR count). The van der Waals surface area contributed by atoms with Crippen LogP contribution in [0.1, 0.15) is 10.4 Å². The van der Waals surface area contributed by atoms with Crippen LogP contribution in [0.4, 0.5) is 0 Å². The fourth-order valence-corrected chi connectivity index (χ4v) is 1.25. The van der Waals surface area contributed by atoms with E-state index in [1.165, 1.54) is 6.07 Å². The molecule has 0 spiro atoms. The van der Waals surface area contributed by atoms with Gasteiger partial charge in [0.2, 0.25) is 0 Å². The Morgan fingerprint density at radius 1 is 1.38 bits per heavy atom. The van der Waals surface area contributed by atoms with Gasteiger partial charge in [-0.1, -0.05) is 23.2 Å². The van der Waals surface area contributed by atoms with E-state index in [2.05, 4.69) is 15.5 Å². The lowest BCUT2D eigenvalue weighted by Crippen LogP contribution is -2.40. The lowest BCUT2D eigenvalue weighted by atomic mass is 10.2. The summed E-state index contributed by atoms with van der Waals surface area (Å²) >= 11 is 11.2. The Balaban J connectivity index is 2.83. The molecule has 6 nitrogen and oxygen atoms in total. The third-order valence-electron chi connectivity index (χ3n) is 1.74. The first-order valence-electron chi connectivity index (χ1n) is 4.29. The number of aliphatic hydroxyl groups excluding tert-OH is 2. The zero-order chi connectivity index (χ0) is 12.1. The fraction of sp³-hybridized carbons (Fsp3) is 0.375. The Labute approximate surface area is 101 Å². The number of nitrogens with zero attached hydrogens (tertiary/aromatic N) is 2. The predicted molar refractivity (Wildman–Crippen MR) is 57.5 cm³/mol. The molecule has 1 aromatic heterocycles. The lowest BCUT2D eigenvalue weighted by molar-refractivity contribution is 0.0879. The van der Waals surface area contributed by atoms with Gasteiger partial charge in [-0.3, -0.25) is 4.79 Å². The highest BCUT2D eigenvalue weighted by Crippen LogP contribution is 2.15. The first kappa shape index (κ1) is 13.1. The van der Waals surface area contributed by atoms with Gasteiger partial charge in [-0.05, 0) is 6.07 Å². The molecule has 3 N–H and O–H groups in total. The number of amides is 1. The van der Waals surface area contributed by atoms with Gasteiger partial charge in [0.15, 0.2) is 10.3 Å². The van der Waals surface area contributed by atoms with Crippen molar-refractivity contribution in [3.05, 3.63) is 21.9 Å². The van der Waals surface area contributed by atoms with Gasteiger partial charge in [0.05, 0.1) is 24.8 Å². The van der Waals surface area contributed by atoms with E-state index in [9.17, 15) is 4.79 Å². The van der Waals surface area contributed by atoms with Crippen molar-refractivity contribution >= 4 is 29.1 Å². The van der Waals surface area contributed by atoms with Crippen molar-refractivity contribution in [1.29, 1.82) is 0 Å². The van der Waals surface area contributed by atoms with Gasteiger partial charge in [0.25, 0.3) is 5.91 Å². The standard InChI is InChI=1S/C8H9Cl2N3O3/c9-6-1-5(7(10)13-12-6)8(16)11-4(2-14)3-15/h1,4,14-15H,2-3H2,(H,11,16). The van der Waals surface area contributed by atoms with E-state index in [0.717, 1.165) is 0 Å². The summed E-state index contributed by atoms with van der Waals surface area (Å²) in [5.74, 6) is -0.588. The Morgan fingerprint density at radius 2 is 2.00 bits per heavy atom. The minimum absolute atomic E-state index is 0.0269. The van der Waals surface area contributed by atoms with E-state index in [0.29, 0.717) is 0 Å². The number of aliphatic hydroxyl groups is 2. The average Bonchev–Trinajstić information content (AvgIpc) is 2.28. The maximum atomic E-state index is 11.6. The van der Waals surface area contributed by atoms with E-state index in [1.54, 1.807) is 0 Å². The molecule has 0 bridgehead atoms. The zero-order valence-electron chi connectivity index (χ0n) is 8.02. The van der Waals surface area contributed by atoms with Crippen LogP contribution >= 0.6 is 23.2 Å². The zero-order valence-corrected chi connectivity index (χ0v) is 9.53. The molecule has 0 aliphatic heterocycles. The topological polar surface area (TPSA) is 95.3 Å². The van der Waals surface area contributed by atoms with Crippen molar-refractivity contribution in [3.63, 3.8) is 0 Å². The van der Waals surface area contributed by atoms with Gasteiger partial charge in [-0.15, -0.1) is 10.2 Å². The fourth-order valence-electron chi connectivity index (χ4n) is 0.924. The maximum absolute atomic E-state index is 11.6. The van der Waals surface area contributed by atoms with Crippen molar-refractivity contribution < 1.29 is 15.0 Å². The van der Waals surface area contributed by atoms with Crippen LogP contribution in [0.2, 0.25) is 10.3 Å². The average molecular weight is 266 g/mol. The summed E-state index contributed by atoms with van der Waals surface area (Å²) in [7, 11) is 0. The number of nitrogens with one attached hydrogen (secondary N) is 1.